The molecular weight excluding hydrogens is 234 g/mol. The average molecular weight is 254 g/mol. The lowest BCUT2D eigenvalue weighted by atomic mass is 9.92. The summed E-state index contributed by atoms with van der Waals surface area (Å²) in [5, 5.41) is 12.0. The highest BCUT2D eigenvalue weighted by Crippen LogP contribution is 2.51. The lowest BCUT2D eigenvalue weighted by Gasteiger charge is -2.21. The summed E-state index contributed by atoms with van der Waals surface area (Å²) in [6, 6.07) is 0. The summed E-state index contributed by atoms with van der Waals surface area (Å²) in [5.41, 5.74) is 2.59. The lowest BCUT2D eigenvalue weighted by molar-refractivity contribution is 0.379. The normalized spacial score (nSPS) is 17.3. The highest BCUT2D eigenvalue weighted by Gasteiger charge is 2.45. The summed E-state index contributed by atoms with van der Waals surface area (Å²) < 4.78 is 0. The summed E-state index contributed by atoms with van der Waals surface area (Å²) in [6.45, 7) is 9.59. The maximum atomic E-state index is 5.94. The number of anilines is 1. The quantitative estimate of drug-likeness (QED) is 0.891. The Labute approximate surface area is 108 Å². The van der Waals surface area contributed by atoms with Crippen LogP contribution in [0.4, 0.5) is 5.82 Å². The van der Waals surface area contributed by atoms with Gasteiger partial charge in [0, 0.05) is 6.54 Å². The minimum atomic E-state index is 0.474. The van der Waals surface area contributed by atoms with E-state index in [1.165, 1.54) is 12.8 Å². The predicted octanol–water partition coefficient (Wildman–Crippen LogP) is 3.59. The molecule has 1 saturated carbocycles. The molecule has 0 unspecified atom stereocenters. The Morgan fingerprint density at radius 1 is 1.24 bits per heavy atom. The Balaban J connectivity index is 2.08. The van der Waals surface area contributed by atoms with Crippen molar-refractivity contribution in [3.63, 3.8) is 0 Å². The molecule has 1 heterocycles. The molecule has 1 N–H and O–H groups in total. The third-order valence-electron chi connectivity index (χ3n) is 4.19. The number of hydrogen-bond donors (Lipinski definition) is 1. The smallest absolute Gasteiger partial charge is 0.155 e. The van der Waals surface area contributed by atoms with Gasteiger partial charge in [0.05, 0.1) is 0 Å². The van der Waals surface area contributed by atoms with Gasteiger partial charge in [-0.1, -0.05) is 25.4 Å². The molecule has 94 valence electrons. The molecule has 2 rings (SSSR count). The van der Waals surface area contributed by atoms with E-state index in [0.29, 0.717) is 10.6 Å². The third-order valence-corrected chi connectivity index (χ3v) is 4.55. The number of rotatable bonds is 4. The first-order chi connectivity index (χ1) is 7.96. The van der Waals surface area contributed by atoms with E-state index in [9.17, 15) is 0 Å². The maximum Gasteiger partial charge on any atom is 0.155 e. The molecule has 0 aromatic carbocycles. The van der Waals surface area contributed by atoms with Gasteiger partial charge in [-0.05, 0) is 49.1 Å². The molecule has 4 heteroatoms. The van der Waals surface area contributed by atoms with Gasteiger partial charge < -0.3 is 5.32 Å². The Morgan fingerprint density at radius 2 is 1.88 bits per heavy atom. The zero-order chi connectivity index (χ0) is 12.6. The second kappa shape index (κ2) is 4.45. The van der Waals surface area contributed by atoms with Crippen LogP contribution in [0.3, 0.4) is 0 Å². The van der Waals surface area contributed by atoms with E-state index in [2.05, 4.69) is 29.4 Å². The van der Waals surface area contributed by atoms with Crippen molar-refractivity contribution in [1.29, 1.82) is 0 Å². The van der Waals surface area contributed by atoms with Gasteiger partial charge in [-0.25, -0.2) is 0 Å². The molecule has 0 aliphatic heterocycles. The van der Waals surface area contributed by atoms with E-state index in [1.807, 2.05) is 13.8 Å². The topological polar surface area (TPSA) is 37.8 Å². The molecule has 17 heavy (non-hydrogen) atoms. The molecule has 1 aliphatic rings. The van der Waals surface area contributed by atoms with Crippen LogP contribution < -0.4 is 5.32 Å². The molecular formula is C13H20ClN3. The van der Waals surface area contributed by atoms with Crippen LogP contribution in [-0.2, 0) is 0 Å². The number of nitrogens with one attached hydrogen (secondary N) is 1. The van der Waals surface area contributed by atoms with E-state index >= 15 is 0 Å². The van der Waals surface area contributed by atoms with E-state index < -0.39 is 0 Å². The fraction of sp³-hybridized carbons (Fsp3) is 0.692. The molecule has 1 aromatic rings. The van der Waals surface area contributed by atoms with Crippen molar-refractivity contribution in [2.75, 3.05) is 11.9 Å². The number of nitrogens with zero attached hydrogens (tertiary/aromatic N) is 2. The van der Waals surface area contributed by atoms with Crippen molar-refractivity contribution in [2.45, 2.75) is 40.5 Å². The SMILES string of the molecule is Cc1c(Cl)nnc(NCC2(C(C)C)CC2)c1C. The Bertz CT molecular complexity index is 425. The van der Waals surface area contributed by atoms with Gasteiger partial charge in [-0.3, -0.25) is 0 Å². The molecule has 0 saturated heterocycles. The van der Waals surface area contributed by atoms with Gasteiger partial charge in [0.1, 0.15) is 0 Å². The molecule has 0 spiro atoms. The summed E-state index contributed by atoms with van der Waals surface area (Å²) in [6.07, 6.45) is 2.63. The predicted molar refractivity (Wildman–Crippen MR) is 71.5 cm³/mol. The summed E-state index contributed by atoms with van der Waals surface area (Å²) in [5.74, 6) is 1.59. The van der Waals surface area contributed by atoms with Crippen molar-refractivity contribution in [2.24, 2.45) is 11.3 Å². The standard InChI is InChI=1S/C13H20ClN3/c1-8(2)13(5-6-13)7-15-12-10(4)9(3)11(14)16-17-12/h8H,5-7H2,1-4H3,(H,15,17). The summed E-state index contributed by atoms with van der Waals surface area (Å²) in [7, 11) is 0. The van der Waals surface area contributed by atoms with Crippen molar-refractivity contribution >= 4 is 17.4 Å². The molecule has 0 bridgehead atoms. The van der Waals surface area contributed by atoms with Gasteiger partial charge in [0.2, 0.25) is 0 Å². The monoisotopic (exact) mass is 253 g/mol. The first-order valence-corrected chi connectivity index (χ1v) is 6.57. The minimum Gasteiger partial charge on any atom is -0.368 e. The highest BCUT2D eigenvalue weighted by molar-refractivity contribution is 6.30. The molecule has 0 radical (unpaired) electrons. The Hall–Kier alpha value is -0.830. The van der Waals surface area contributed by atoms with Gasteiger partial charge in [-0.15, -0.1) is 10.2 Å². The molecule has 1 aromatic heterocycles. The number of hydrogen-bond acceptors (Lipinski definition) is 3. The van der Waals surface area contributed by atoms with E-state index in [0.717, 1.165) is 29.4 Å². The molecule has 0 atom stereocenters. The van der Waals surface area contributed by atoms with Crippen molar-refractivity contribution < 1.29 is 0 Å². The van der Waals surface area contributed by atoms with Crippen LogP contribution in [0.15, 0.2) is 0 Å². The van der Waals surface area contributed by atoms with Crippen LogP contribution in [0.5, 0.6) is 0 Å². The first kappa shape index (κ1) is 12.6. The van der Waals surface area contributed by atoms with E-state index in [-0.39, 0.29) is 0 Å². The Kier molecular flexibility index (Phi) is 3.30. The zero-order valence-corrected chi connectivity index (χ0v) is 11.7. The number of halogens is 1. The molecule has 1 aliphatic carbocycles. The maximum absolute atomic E-state index is 5.94. The van der Waals surface area contributed by atoms with Crippen molar-refractivity contribution in [3.8, 4) is 0 Å². The second-order valence-electron chi connectivity index (χ2n) is 5.46. The van der Waals surface area contributed by atoms with Gasteiger partial charge in [-0.2, -0.15) is 0 Å². The highest BCUT2D eigenvalue weighted by atomic mass is 35.5. The minimum absolute atomic E-state index is 0.474. The molecule has 1 fully saturated rings. The zero-order valence-electron chi connectivity index (χ0n) is 11.0. The fourth-order valence-corrected chi connectivity index (χ4v) is 2.30. The second-order valence-corrected chi connectivity index (χ2v) is 5.82. The largest absolute Gasteiger partial charge is 0.368 e. The average Bonchev–Trinajstić information content (AvgIpc) is 3.06. The van der Waals surface area contributed by atoms with E-state index in [4.69, 9.17) is 11.6 Å². The van der Waals surface area contributed by atoms with Crippen LogP contribution in [0.2, 0.25) is 5.15 Å². The van der Waals surface area contributed by atoms with Gasteiger partial charge >= 0.3 is 0 Å². The van der Waals surface area contributed by atoms with Crippen LogP contribution >= 0.6 is 11.6 Å². The molecule has 0 amide bonds. The lowest BCUT2D eigenvalue weighted by Crippen LogP contribution is -2.22. The van der Waals surface area contributed by atoms with Crippen LogP contribution in [0.1, 0.15) is 37.8 Å². The summed E-state index contributed by atoms with van der Waals surface area (Å²) >= 11 is 5.94. The number of aromatic nitrogens is 2. The fourth-order valence-electron chi connectivity index (χ4n) is 2.12. The van der Waals surface area contributed by atoms with Gasteiger partial charge in [0.25, 0.3) is 0 Å². The van der Waals surface area contributed by atoms with Crippen LogP contribution in [0, 0.1) is 25.2 Å². The van der Waals surface area contributed by atoms with Crippen molar-refractivity contribution in [1.82, 2.24) is 10.2 Å². The Morgan fingerprint density at radius 3 is 2.41 bits per heavy atom. The van der Waals surface area contributed by atoms with Crippen molar-refractivity contribution in [3.05, 3.63) is 16.3 Å². The molecule has 3 nitrogen and oxygen atoms in total. The van der Waals surface area contributed by atoms with Crippen LogP contribution in [-0.4, -0.2) is 16.7 Å². The van der Waals surface area contributed by atoms with Crippen LogP contribution in [0.25, 0.3) is 0 Å². The van der Waals surface area contributed by atoms with Gasteiger partial charge in [0.15, 0.2) is 11.0 Å². The third kappa shape index (κ3) is 2.39. The van der Waals surface area contributed by atoms with E-state index in [1.54, 1.807) is 0 Å². The first-order valence-electron chi connectivity index (χ1n) is 6.19. The summed E-state index contributed by atoms with van der Waals surface area (Å²) in [4.78, 5) is 0.